The molecule has 0 aromatic heterocycles. The van der Waals surface area contributed by atoms with E-state index in [1.165, 1.54) is 91.0 Å². The summed E-state index contributed by atoms with van der Waals surface area (Å²) in [5.74, 6) is -16.6. The Balaban J connectivity index is 1.51. The van der Waals surface area contributed by atoms with Crippen molar-refractivity contribution in [3.63, 3.8) is 0 Å². The van der Waals surface area contributed by atoms with Crippen LogP contribution >= 0.6 is 30.9 Å². The molecular formula is C66H54BF15O3S3. The van der Waals surface area contributed by atoms with Gasteiger partial charge in [0.1, 0.15) is 0 Å². The zero-order chi connectivity index (χ0) is 64.0. The molecular weight excluding hydrogens is 1230 g/mol. The van der Waals surface area contributed by atoms with Crippen LogP contribution in [0.1, 0.15) is 50.1 Å². The third kappa shape index (κ3) is 12.4. The average Bonchev–Trinajstić information content (AvgIpc) is 1.24. The zero-order valence-electron chi connectivity index (χ0n) is 47.5. The number of hydrogen-bond donors (Lipinski definition) is 0. The molecule has 0 radical (unpaired) electrons. The fourth-order valence-corrected chi connectivity index (χ4v) is 19.0. The van der Waals surface area contributed by atoms with Crippen LogP contribution in [-0.2, 0) is 30.1 Å². The molecule has 9 aromatic rings. The zero-order valence-corrected chi connectivity index (χ0v) is 49.9. The van der Waals surface area contributed by atoms with E-state index in [1.54, 1.807) is 114 Å². The topological polar surface area (TPSA) is 27.7 Å². The van der Waals surface area contributed by atoms with Crippen molar-refractivity contribution in [2.24, 2.45) is 0 Å². The standard InChI is InChI=1S/C66H54BF15O3S3/c1-43-16-28-52(29-17-43)86(53-30-18-44(2)19-31-53,58-13-7-10-49(40-58)61(68,69)64(74,75)76)83-67(84-87(54-32-20-45(3)21-33-54,55-34-22-46(4)23-35-55)59-14-8-11-50(41-59)62(70,71)65(77,78)79)85-88(56-36-24-47(5)25-37-56,57-38-26-48(6)27-39-57)60-15-9-12-51(42-60)63(72,73)66(80,81)82/h7-42H,1-6H3. The maximum atomic E-state index is 16.0. The van der Waals surface area contributed by atoms with Crippen LogP contribution in [0.15, 0.2) is 262 Å². The SMILES string of the molecule is Cc1ccc(S(OB(OS(c2ccc(C)cc2)(c2ccc(C)cc2)c2cccc(C(F)(F)C(F)(F)F)c2)OS(c2ccc(C)cc2)(c2ccc(C)cc2)c2cccc(C(F)(F)C(F)(F)F)c2)(c2ccc(C)cc2)c2cccc(C(F)(F)C(F)(F)F)c2)cc1. The van der Waals surface area contributed by atoms with E-state index in [9.17, 15) is 39.5 Å². The van der Waals surface area contributed by atoms with Crippen LogP contribution in [-0.4, -0.2) is 25.9 Å². The third-order valence-electron chi connectivity index (χ3n) is 14.4. The first-order valence-corrected chi connectivity index (χ1v) is 31.4. The van der Waals surface area contributed by atoms with Crippen molar-refractivity contribution in [1.29, 1.82) is 0 Å². The highest BCUT2D eigenvalue weighted by Gasteiger charge is 2.62. The minimum atomic E-state index is -6.17. The molecule has 0 fully saturated rings. The summed E-state index contributed by atoms with van der Waals surface area (Å²) in [5.41, 5.74) is -1.01. The van der Waals surface area contributed by atoms with Crippen molar-refractivity contribution in [2.75, 3.05) is 0 Å². The fourth-order valence-electron chi connectivity index (χ4n) is 9.61. The van der Waals surface area contributed by atoms with Gasteiger partial charge in [-0.05, 0) is 151 Å². The predicted molar refractivity (Wildman–Crippen MR) is 312 cm³/mol. The molecule has 0 atom stereocenters. The van der Waals surface area contributed by atoms with E-state index in [4.69, 9.17) is 12.3 Å². The van der Waals surface area contributed by atoms with Crippen LogP contribution in [0, 0.1) is 41.5 Å². The second-order valence-corrected chi connectivity index (χ2v) is 29.1. The molecule has 0 bridgehead atoms. The molecule has 88 heavy (non-hydrogen) atoms. The van der Waals surface area contributed by atoms with E-state index in [1.807, 2.05) is 0 Å². The Morgan fingerprint density at radius 1 is 0.239 bits per heavy atom. The Morgan fingerprint density at radius 2 is 0.409 bits per heavy atom. The van der Waals surface area contributed by atoms with Crippen molar-refractivity contribution in [3.8, 4) is 0 Å². The highest BCUT2D eigenvalue weighted by Crippen LogP contribution is 2.77. The van der Waals surface area contributed by atoms with Crippen LogP contribution in [0.4, 0.5) is 65.9 Å². The maximum absolute atomic E-state index is 16.0. The number of alkyl halides is 15. The smallest absolute Gasteiger partial charge is 0.323 e. The van der Waals surface area contributed by atoms with Crippen molar-refractivity contribution in [1.82, 2.24) is 0 Å². The Hall–Kier alpha value is -7.08. The molecule has 0 amide bonds. The molecule has 9 aromatic carbocycles. The first-order chi connectivity index (χ1) is 41.2. The highest BCUT2D eigenvalue weighted by molar-refractivity contribution is 8.32. The van der Waals surface area contributed by atoms with Gasteiger partial charge in [-0.2, -0.15) is 65.9 Å². The van der Waals surface area contributed by atoms with Gasteiger partial charge in [-0.3, -0.25) is 0 Å². The van der Waals surface area contributed by atoms with Crippen LogP contribution in [0.2, 0.25) is 0 Å². The average molecular weight is 1290 g/mol. The highest BCUT2D eigenvalue weighted by atomic mass is 32.3. The number of rotatable bonds is 18. The molecule has 0 aliphatic rings. The molecule has 9 rings (SSSR count). The summed E-state index contributed by atoms with van der Waals surface area (Å²) in [6.07, 6.45) is -18.5. The molecule has 0 spiro atoms. The molecule has 3 nitrogen and oxygen atoms in total. The summed E-state index contributed by atoms with van der Waals surface area (Å²) in [7, 11) is -15.0. The van der Waals surface area contributed by atoms with Gasteiger partial charge in [0.25, 0.3) is 0 Å². The molecule has 0 heterocycles. The van der Waals surface area contributed by atoms with E-state index < -0.39 is 91.2 Å². The van der Waals surface area contributed by atoms with E-state index >= 15 is 26.3 Å². The van der Waals surface area contributed by atoms with Crippen molar-refractivity contribution in [2.45, 2.75) is 122 Å². The van der Waals surface area contributed by atoms with Crippen molar-refractivity contribution >= 4 is 38.2 Å². The lowest BCUT2D eigenvalue weighted by atomic mass is 10.1. The van der Waals surface area contributed by atoms with Gasteiger partial charge in [0.15, 0.2) is 0 Å². The van der Waals surface area contributed by atoms with Crippen LogP contribution < -0.4 is 0 Å². The van der Waals surface area contributed by atoms with E-state index in [2.05, 4.69) is 0 Å². The summed E-state index contributed by atoms with van der Waals surface area (Å²) >= 11 is 0. The first-order valence-electron chi connectivity index (χ1n) is 26.8. The second kappa shape index (κ2) is 24.4. The van der Waals surface area contributed by atoms with E-state index in [-0.39, 0.29) is 44.1 Å². The molecule has 0 unspecified atom stereocenters. The van der Waals surface area contributed by atoms with Gasteiger partial charge in [0.05, 0.1) is 0 Å². The van der Waals surface area contributed by atoms with Crippen molar-refractivity contribution < 1.29 is 78.2 Å². The van der Waals surface area contributed by atoms with Crippen molar-refractivity contribution in [3.05, 3.63) is 268 Å². The van der Waals surface area contributed by atoms with Crippen LogP contribution in [0.25, 0.3) is 0 Å². The predicted octanol–water partition coefficient (Wildman–Crippen LogP) is 22.5. The minimum Gasteiger partial charge on any atom is -0.323 e. The molecule has 22 heteroatoms. The molecule has 0 N–H and O–H groups in total. The lowest BCUT2D eigenvalue weighted by Crippen LogP contribution is -2.35. The molecule has 0 aliphatic heterocycles. The largest absolute Gasteiger partial charge is 0.673 e. The van der Waals surface area contributed by atoms with Gasteiger partial charge in [-0.15, -0.1) is 0 Å². The van der Waals surface area contributed by atoms with Gasteiger partial charge in [-0.25, -0.2) is 0 Å². The number of aryl methyl sites for hydroxylation is 6. The molecule has 0 aliphatic carbocycles. The van der Waals surface area contributed by atoms with E-state index in [0.717, 1.165) is 18.2 Å². The van der Waals surface area contributed by atoms with E-state index in [0.29, 0.717) is 69.8 Å². The minimum absolute atomic E-state index is 0.0582. The van der Waals surface area contributed by atoms with Gasteiger partial charge >= 0.3 is 43.6 Å². The normalized spacial score (nSPS) is 13.7. The number of benzene rings is 9. The summed E-state index contributed by atoms with van der Waals surface area (Å²) in [5, 5.41) is 0. The Kier molecular flexibility index (Phi) is 18.1. The first kappa shape index (κ1) is 65.4. The monoisotopic (exact) mass is 1290 g/mol. The number of hydrogen-bond acceptors (Lipinski definition) is 3. The van der Waals surface area contributed by atoms with Gasteiger partial charge in [-0.1, -0.05) is 174 Å². The third-order valence-corrected chi connectivity index (χ3v) is 24.1. The lowest BCUT2D eigenvalue weighted by molar-refractivity contribution is -0.289. The lowest BCUT2D eigenvalue weighted by Gasteiger charge is -2.49. The molecule has 0 saturated heterocycles. The summed E-state index contributed by atoms with van der Waals surface area (Å²) < 4.78 is 251. The van der Waals surface area contributed by atoms with Gasteiger partial charge in [0, 0.05) is 60.7 Å². The molecule has 0 saturated carbocycles. The Morgan fingerprint density at radius 3 is 0.568 bits per heavy atom. The quantitative estimate of drug-likeness (QED) is 0.0633. The summed E-state index contributed by atoms with van der Waals surface area (Å²) in [4.78, 5) is -0.790. The van der Waals surface area contributed by atoms with Gasteiger partial charge in [0.2, 0.25) is 0 Å². The molecule has 462 valence electrons. The second-order valence-electron chi connectivity index (χ2n) is 20.9. The van der Waals surface area contributed by atoms with Crippen LogP contribution in [0.5, 0.6) is 0 Å². The van der Waals surface area contributed by atoms with Gasteiger partial charge < -0.3 is 12.3 Å². The summed E-state index contributed by atoms with van der Waals surface area (Å²) in [6, 6.07) is 46.9. The Bertz CT molecular complexity index is 3360. The Labute approximate surface area is 504 Å². The number of halogens is 15. The maximum Gasteiger partial charge on any atom is 0.673 e. The van der Waals surface area contributed by atoms with Crippen LogP contribution in [0.3, 0.4) is 0 Å². The fraction of sp³-hybridized carbons (Fsp3) is 0.182. The summed E-state index contributed by atoms with van der Waals surface area (Å²) in [6.45, 7) is 10.2.